The van der Waals surface area contributed by atoms with Gasteiger partial charge in [0.25, 0.3) is 0 Å². The molecule has 0 aliphatic heterocycles. The maximum Gasteiger partial charge on any atom is 0.0200 e. The third-order valence-electron chi connectivity index (χ3n) is 2.25. The van der Waals surface area contributed by atoms with Crippen molar-refractivity contribution in [2.75, 3.05) is 0 Å². The first kappa shape index (κ1) is 10.2. The van der Waals surface area contributed by atoms with Crippen molar-refractivity contribution in [3.05, 3.63) is 0 Å². The molecule has 0 aromatic carbocycles. The molecule has 0 aromatic heterocycles. The number of hydrogen-bond acceptors (Lipinski definition) is 0. The van der Waals surface area contributed by atoms with Gasteiger partial charge in [-0.2, -0.15) is 0 Å². The van der Waals surface area contributed by atoms with Crippen molar-refractivity contribution in [2.24, 2.45) is 5.92 Å². The van der Waals surface area contributed by atoms with Crippen LogP contribution in [-0.4, -0.2) is 9.52 Å². The van der Waals surface area contributed by atoms with E-state index in [0.717, 1.165) is 5.92 Å². The molecule has 0 nitrogen and oxygen atoms in total. The van der Waals surface area contributed by atoms with Gasteiger partial charge in [-0.15, -0.1) is 0 Å². The molecule has 62 valence electrons. The lowest BCUT2D eigenvalue weighted by Crippen LogP contribution is -1.97. The molecule has 0 fully saturated rings. The molecule has 0 amide bonds. The Kier molecular flexibility index (Phi) is 7.48. The summed E-state index contributed by atoms with van der Waals surface area (Å²) in [4.78, 5) is 0. The van der Waals surface area contributed by atoms with Gasteiger partial charge in [-0.1, -0.05) is 52.1 Å². The Morgan fingerprint density at radius 3 is 2.50 bits per heavy atom. The van der Waals surface area contributed by atoms with Crippen molar-refractivity contribution in [1.29, 1.82) is 0 Å². The molecule has 1 unspecified atom stereocenters. The van der Waals surface area contributed by atoms with Crippen LogP contribution >= 0.6 is 0 Å². The van der Waals surface area contributed by atoms with Crippen molar-refractivity contribution >= 4 is 9.52 Å². The minimum absolute atomic E-state index is 0.342. The molecule has 0 rings (SSSR count). The third kappa shape index (κ3) is 6.34. The quantitative estimate of drug-likeness (QED) is 0.412. The zero-order chi connectivity index (χ0) is 7.82. The zero-order valence-electron chi connectivity index (χ0n) is 7.82. The van der Waals surface area contributed by atoms with Gasteiger partial charge in [0, 0.05) is 9.52 Å². The summed E-state index contributed by atoms with van der Waals surface area (Å²) in [7, 11) is 0.342. The molecule has 0 saturated carbocycles. The average Bonchev–Trinajstić information content (AvgIpc) is 1.98. The van der Waals surface area contributed by atoms with Crippen LogP contribution < -0.4 is 0 Å². The number of unbranched alkanes of at least 4 members (excludes halogenated alkanes) is 1. The second-order valence-electron chi connectivity index (χ2n) is 3.36. The summed E-state index contributed by atoms with van der Waals surface area (Å²) in [5.41, 5.74) is 0. The van der Waals surface area contributed by atoms with Gasteiger partial charge in [-0.05, 0) is 5.92 Å². The lowest BCUT2D eigenvalue weighted by molar-refractivity contribution is 0.620. The summed E-state index contributed by atoms with van der Waals surface area (Å²) in [6.07, 6.45) is 4.27. The fourth-order valence-electron chi connectivity index (χ4n) is 1.12. The zero-order valence-corrected chi connectivity index (χ0v) is 9.23. The molecule has 0 radical (unpaired) electrons. The first-order valence-corrected chi connectivity index (χ1v) is 6.81. The molecule has 0 spiro atoms. The van der Waals surface area contributed by atoms with Gasteiger partial charge in [-0.3, -0.25) is 0 Å². The molecule has 1 atom stereocenters. The fraction of sp³-hybridized carbons (Fsp3) is 1.00. The molecule has 0 bridgehead atoms. The van der Waals surface area contributed by atoms with Crippen LogP contribution in [0.15, 0.2) is 0 Å². The first-order chi connectivity index (χ1) is 4.81. The Balaban J connectivity index is 2.89. The third-order valence-corrected chi connectivity index (χ3v) is 4.64. The van der Waals surface area contributed by atoms with Gasteiger partial charge < -0.3 is 0 Å². The maximum atomic E-state index is 2.39. The van der Waals surface area contributed by atoms with E-state index >= 15 is 0 Å². The van der Waals surface area contributed by atoms with Gasteiger partial charge in [0.1, 0.15) is 0 Å². The number of rotatable bonds is 6. The Hall–Kier alpha value is 0.217. The normalized spacial score (nSPS) is 14.7. The van der Waals surface area contributed by atoms with Gasteiger partial charge in [0.05, 0.1) is 0 Å². The summed E-state index contributed by atoms with van der Waals surface area (Å²) in [6, 6.07) is 3.16. The smallest absolute Gasteiger partial charge is 0.0200 e. The van der Waals surface area contributed by atoms with Gasteiger partial charge in [0.2, 0.25) is 0 Å². The highest BCUT2D eigenvalue weighted by molar-refractivity contribution is 6.35. The van der Waals surface area contributed by atoms with Crippen LogP contribution in [0.2, 0.25) is 12.1 Å². The Bertz CT molecular complexity index is 61.7. The van der Waals surface area contributed by atoms with E-state index in [1.807, 2.05) is 0 Å². The van der Waals surface area contributed by atoms with Gasteiger partial charge >= 0.3 is 0 Å². The minimum atomic E-state index is 0.342. The summed E-state index contributed by atoms with van der Waals surface area (Å²) >= 11 is 0. The summed E-state index contributed by atoms with van der Waals surface area (Å²) < 4.78 is 0. The van der Waals surface area contributed by atoms with E-state index in [1.165, 1.54) is 19.3 Å². The highest BCUT2D eigenvalue weighted by Gasteiger charge is 1.97. The minimum Gasteiger partial charge on any atom is -0.0654 e. The predicted molar refractivity (Wildman–Crippen MR) is 52.5 cm³/mol. The van der Waals surface area contributed by atoms with E-state index in [0.29, 0.717) is 9.52 Å². The van der Waals surface area contributed by atoms with Crippen LogP contribution in [-0.2, 0) is 0 Å². The standard InChI is InChI=1S/C9H22Si/c1-4-6-7-10-8-9(3)5-2/h9H,4-8,10H2,1-3H3. The molecule has 0 aliphatic carbocycles. The summed E-state index contributed by atoms with van der Waals surface area (Å²) in [6.45, 7) is 6.98. The first-order valence-electron chi connectivity index (χ1n) is 4.81. The highest BCUT2D eigenvalue weighted by Crippen LogP contribution is 2.08. The van der Waals surface area contributed by atoms with E-state index < -0.39 is 0 Å². The van der Waals surface area contributed by atoms with E-state index in [4.69, 9.17) is 0 Å². The van der Waals surface area contributed by atoms with E-state index in [9.17, 15) is 0 Å². The van der Waals surface area contributed by atoms with E-state index in [2.05, 4.69) is 20.8 Å². The lowest BCUT2D eigenvalue weighted by atomic mass is 10.2. The Labute approximate surface area is 68.2 Å². The Morgan fingerprint density at radius 2 is 2.00 bits per heavy atom. The lowest BCUT2D eigenvalue weighted by Gasteiger charge is -2.05. The van der Waals surface area contributed by atoms with Crippen molar-refractivity contribution in [3.8, 4) is 0 Å². The van der Waals surface area contributed by atoms with Crippen LogP contribution in [0.25, 0.3) is 0 Å². The van der Waals surface area contributed by atoms with Crippen LogP contribution in [0.1, 0.15) is 40.0 Å². The molecule has 0 N–H and O–H groups in total. The van der Waals surface area contributed by atoms with E-state index in [-0.39, 0.29) is 0 Å². The van der Waals surface area contributed by atoms with Gasteiger partial charge in [-0.25, -0.2) is 0 Å². The van der Waals surface area contributed by atoms with Crippen LogP contribution in [0.5, 0.6) is 0 Å². The summed E-state index contributed by atoms with van der Waals surface area (Å²) in [5, 5.41) is 0. The largest absolute Gasteiger partial charge is 0.0654 e. The topological polar surface area (TPSA) is 0 Å². The molecule has 10 heavy (non-hydrogen) atoms. The van der Waals surface area contributed by atoms with Gasteiger partial charge in [0.15, 0.2) is 0 Å². The van der Waals surface area contributed by atoms with Crippen molar-refractivity contribution in [3.63, 3.8) is 0 Å². The second-order valence-corrected chi connectivity index (χ2v) is 5.35. The maximum absolute atomic E-state index is 2.39. The van der Waals surface area contributed by atoms with Crippen LogP contribution in [0.3, 0.4) is 0 Å². The highest BCUT2D eigenvalue weighted by atomic mass is 28.2. The van der Waals surface area contributed by atoms with Crippen molar-refractivity contribution < 1.29 is 0 Å². The van der Waals surface area contributed by atoms with E-state index in [1.54, 1.807) is 12.1 Å². The molecule has 0 heterocycles. The molecule has 0 aliphatic rings. The SMILES string of the molecule is CCCC[SiH2]CC(C)CC. The molecular formula is C9H22Si. The number of hydrogen-bond donors (Lipinski definition) is 0. The molecule has 1 heteroatoms. The molecular weight excluding hydrogens is 136 g/mol. The average molecular weight is 158 g/mol. The predicted octanol–water partition coefficient (Wildman–Crippen LogP) is 2.84. The van der Waals surface area contributed by atoms with Crippen molar-refractivity contribution in [2.45, 2.75) is 52.1 Å². The summed E-state index contributed by atoms with van der Waals surface area (Å²) in [5.74, 6) is 1.02. The second kappa shape index (κ2) is 7.33. The molecule has 0 saturated heterocycles. The molecule has 0 aromatic rings. The van der Waals surface area contributed by atoms with Crippen molar-refractivity contribution in [1.82, 2.24) is 0 Å². The van der Waals surface area contributed by atoms with Crippen LogP contribution in [0.4, 0.5) is 0 Å². The fourth-order valence-corrected chi connectivity index (χ4v) is 3.37. The van der Waals surface area contributed by atoms with Crippen LogP contribution in [0, 0.1) is 5.92 Å². The Morgan fingerprint density at radius 1 is 1.30 bits per heavy atom. The monoisotopic (exact) mass is 158 g/mol.